The number of methoxy groups -OCH3 is 1. The number of likely N-dealkylation sites (tertiary alicyclic amines) is 1. The van der Waals surface area contributed by atoms with Crippen LogP contribution in [0.1, 0.15) is 27.9 Å². The molecule has 0 bridgehead atoms. The van der Waals surface area contributed by atoms with Gasteiger partial charge < -0.3 is 15.0 Å². The van der Waals surface area contributed by atoms with E-state index < -0.39 is 0 Å². The van der Waals surface area contributed by atoms with Gasteiger partial charge in [-0.15, -0.1) is 0 Å². The monoisotopic (exact) mass is 467 g/mol. The van der Waals surface area contributed by atoms with E-state index in [-0.39, 0.29) is 11.8 Å². The number of nitrogens with zero attached hydrogens (tertiary/aromatic N) is 4. The van der Waals surface area contributed by atoms with Gasteiger partial charge >= 0.3 is 0 Å². The summed E-state index contributed by atoms with van der Waals surface area (Å²) in [7, 11) is 1.52. The van der Waals surface area contributed by atoms with Crippen molar-refractivity contribution in [2.24, 2.45) is 11.8 Å². The Morgan fingerprint density at radius 1 is 1.09 bits per heavy atom. The van der Waals surface area contributed by atoms with Crippen LogP contribution in [0.3, 0.4) is 0 Å². The predicted molar refractivity (Wildman–Crippen MR) is 132 cm³/mol. The van der Waals surface area contributed by atoms with Crippen LogP contribution in [-0.4, -0.2) is 51.9 Å². The number of fused-ring (bicyclic) bond motifs is 1. The van der Waals surface area contributed by atoms with E-state index in [1.54, 1.807) is 36.5 Å². The van der Waals surface area contributed by atoms with Gasteiger partial charge in [-0.3, -0.25) is 19.6 Å². The smallest absolute Gasteiger partial charge is 0.258 e. The molecular formula is C27H25N5O3. The van der Waals surface area contributed by atoms with E-state index in [4.69, 9.17) is 4.74 Å². The Kier molecular flexibility index (Phi) is 6.34. The van der Waals surface area contributed by atoms with E-state index in [2.05, 4.69) is 26.3 Å². The lowest BCUT2D eigenvalue weighted by molar-refractivity contribution is -0.125. The van der Waals surface area contributed by atoms with Crippen molar-refractivity contribution >= 4 is 29.3 Å². The van der Waals surface area contributed by atoms with E-state index >= 15 is 0 Å². The van der Waals surface area contributed by atoms with Gasteiger partial charge in [-0.05, 0) is 71.4 Å². The van der Waals surface area contributed by atoms with Gasteiger partial charge in [0.15, 0.2) is 0 Å². The Morgan fingerprint density at radius 3 is 2.69 bits per heavy atom. The molecule has 5 rings (SSSR count). The number of pyridine rings is 3. The van der Waals surface area contributed by atoms with Crippen LogP contribution in [-0.2, 0) is 4.79 Å². The van der Waals surface area contributed by atoms with Crippen molar-refractivity contribution in [3.63, 3.8) is 0 Å². The Hall–Kier alpha value is -4.33. The molecule has 2 unspecified atom stereocenters. The zero-order valence-electron chi connectivity index (χ0n) is 19.3. The Bertz CT molecular complexity index is 1290. The Balaban J connectivity index is 1.15. The molecule has 2 atom stereocenters. The molecule has 0 saturated carbocycles. The largest absolute Gasteiger partial charge is 0.495 e. The van der Waals surface area contributed by atoms with E-state index in [0.717, 1.165) is 25.1 Å². The summed E-state index contributed by atoms with van der Waals surface area (Å²) in [5.74, 6) is 1.46. The average molecular weight is 468 g/mol. The number of amides is 2. The molecule has 1 aliphatic carbocycles. The highest BCUT2D eigenvalue weighted by Crippen LogP contribution is 2.40. The van der Waals surface area contributed by atoms with Crippen LogP contribution in [0.25, 0.3) is 11.6 Å². The molecule has 176 valence electrons. The molecule has 0 spiro atoms. The third-order valence-electron chi connectivity index (χ3n) is 6.41. The fraction of sp³-hybridized carbons (Fsp3) is 0.222. The second kappa shape index (κ2) is 9.89. The first-order chi connectivity index (χ1) is 17.1. The lowest BCUT2D eigenvalue weighted by Gasteiger charge is -2.15. The molecule has 3 aromatic rings. The molecule has 1 aliphatic heterocycles. The summed E-state index contributed by atoms with van der Waals surface area (Å²) in [4.78, 5) is 39.4. The van der Waals surface area contributed by atoms with Crippen LogP contribution in [0.15, 0.2) is 73.5 Å². The fourth-order valence-electron chi connectivity index (χ4n) is 4.56. The molecule has 8 heteroatoms. The molecule has 8 nitrogen and oxygen atoms in total. The van der Waals surface area contributed by atoms with Crippen molar-refractivity contribution in [3.05, 3.63) is 90.2 Å². The molecule has 3 aromatic heterocycles. The highest BCUT2D eigenvalue weighted by molar-refractivity contribution is 6.03. The minimum absolute atomic E-state index is 0.00108. The second-order valence-corrected chi connectivity index (χ2v) is 8.68. The summed E-state index contributed by atoms with van der Waals surface area (Å²) in [5, 5.41) is 2.73. The van der Waals surface area contributed by atoms with Crippen LogP contribution in [0, 0.1) is 11.8 Å². The predicted octanol–water partition coefficient (Wildman–Crippen LogP) is 3.71. The topological polar surface area (TPSA) is 97.3 Å². The van der Waals surface area contributed by atoms with Gasteiger partial charge in [-0.2, -0.15) is 0 Å². The number of rotatable bonds is 6. The fourth-order valence-corrected chi connectivity index (χ4v) is 4.56. The van der Waals surface area contributed by atoms with Gasteiger partial charge in [-0.25, -0.2) is 4.98 Å². The molecule has 1 N–H and O–H groups in total. The van der Waals surface area contributed by atoms with Crippen LogP contribution in [0.2, 0.25) is 0 Å². The molecule has 4 heterocycles. The lowest BCUT2D eigenvalue weighted by atomic mass is 9.99. The number of carbonyl (C=O) groups excluding carboxylic acids is 2. The maximum Gasteiger partial charge on any atom is 0.258 e. The molecule has 0 radical (unpaired) electrons. The summed E-state index contributed by atoms with van der Waals surface area (Å²) >= 11 is 0. The summed E-state index contributed by atoms with van der Waals surface area (Å²) in [6.45, 7) is 1.51. The molecule has 1 fully saturated rings. The van der Waals surface area contributed by atoms with Crippen molar-refractivity contribution in [2.75, 3.05) is 25.5 Å². The number of carbonyl (C=O) groups is 2. The molecule has 0 aromatic carbocycles. The molecule has 35 heavy (non-hydrogen) atoms. The first-order valence-corrected chi connectivity index (χ1v) is 11.4. The standard InChI is InChI=1S/C27H25N5O3/c1-35-24-12-21(14-29-15-24)27(34)31-25-4-2-18(13-30-25)3-5-26(33)32-16-22-10-20(11-23(22)17-32)19-6-8-28-9-7-19/h2-10,12-15,22-23H,11,16-17H2,1H3,(H,30,31,34). The highest BCUT2D eigenvalue weighted by atomic mass is 16.5. The molecule has 2 amide bonds. The van der Waals surface area contributed by atoms with Crippen LogP contribution in [0.5, 0.6) is 5.75 Å². The zero-order chi connectivity index (χ0) is 24.2. The Morgan fingerprint density at radius 2 is 1.94 bits per heavy atom. The van der Waals surface area contributed by atoms with Gasteiger partial charge in [0.2, 0.25) is 5.91 Å². The maximum atomic E-state index is 12.7. The van der Waals surface area contributed by atoms with Crippen molar-refractivity contribution in [1.29, 1.82) is 0 Å². The van der Waals surface area contributed by atoms with Gasteiger partial charge in [0.1, 0.15) is 11.6 Å². The number of aromatic nitrogens is 3. The third-order valence-corrected chi connectivity index (χ3v) is 6.41. The van der Waals surface area contributed by atoms with E-state index in [9.17, 15) is 9.59 Å². The van der Waals surface area contributed by atoms with Crippen molar-refractivity contribution in [1.82, 2.24) is 19.9 Å². The first kappa shape index (κ1) is 22.5. The summed E-state index contributed by atoms with van der Waals surface area (Å²) < 4.78 is 5.10. The van der Waals surface area contributed by atoms with E-state index in [1.165, 1.54) is 30.6 Å². The number of anilines is 1. The highest BCUT2D eigenvalue weighted by Gasteiger charge is 2.37. The molecular weight excluding hydrogens is 442 g/mol. The van der Waals surface area contributed by atoms with Gasteiger partial charge in [0, 0.05) is 44.0 Å². The summed E-state index contributed by atoms with van der Waals surface area (Å²) in [6, 6.07) is 9.19. The first-order valence-electron chi connectivity index (χ1n) is 11.4. The molecule has 1 saturated heterocycles. The van der Waals surface area contributed by atoms with Crippen molar-refractivity contribution < 1.29 is 14.3 Å². The second-order valence-electron chi connectivity index (χ2n) is 8.68. The Labute approximate surface area is 203 Å². The van der Waals surface area contributed by atoms with Gasteiger partial charge in [0.25, 0.3) is 5.91 Å². The van der Waals surface area contributed by atoms with E-state index in [1.807, 2.05) is 29.4 Å². The minimum Gasteiger partial charge on any atom is -0.495 e. The third kappa shape index (κ3) is 5.11. The number of nitrogens with one attached hydrogen (secondary N) is 1. The van der Waals surface area contributed by atoms with Crippen LogP contribution >= 0.6 is 0 Å². The quantitative estimate of drug-likeness (QED) is 0.555. The lowest BCUT2D eigenvalue weighted by Crippen LogP contribution is -2.27. The van der Waals surface area contributed by atoms with E-state index in [0.29, 0.717) is 29.0 Å². The number of hydrogen-bond acceptors (Lipinski definition) is 6. The van der Waals surface area contributed by atoms with Gasteiger partial charge in [-0.1, -0.05) is 6.08 Å². The number of ether oxygens (including phenoxy) is 1. The number of hydrogen-bond donors (Lipinski definition) is 1. The SMILES string of the molecule is COc1cncc(C(=O)Nc2ccc(C=CC(=O)N3CC4C=C(c5ccncc5)CC4C3)cn2)c1. The normalized spacial score (nSPS) is 18.9. The van der Waals surface area contributed by atoms with Crippen molar-refractivity contribution in [3.8, 4) is 5.75 Å². The zero-order valence-corrected chi connectivity index (χ0v) is 19.3. The van der Waals surface area contributed by atoms with Crippen LogP contribution < -0.4 is 10.1 Å². The van der Waals surface area contributed by atoms with Crippen molar-refractivity contribution in [2.45, 2.75) is 6.42 Å². The summed E-state index contributed by atoms with van der Waals surface area (Å²) in [5.41, 5.74) is 3.72. The minimum atomic E-state index is -0.330. The molecule has 2 aliphatic rings. The van der Waals surface area contributed by atoms with Crippen LogP contribution in [0.4, 0.5) is 5.82 Å². The summed E-state index contributed by atoms with van der Waals surface area (Å²) in [6.07, 6.45) is 14.9. The number of allylic oxidation sites excluding steroid dienone is 1. The van der Waals surface area contributed by atoms with Gasteiger partial charge in [0.05, 0.1) is 18.9 Å². The maximum absolute atomic E-state index is 12.7. The average Bonchev–Trinajstić information content (AvgIpc) is 3.48.